The number of nitrogens with one attached hydrogen (secondary N) is 1. The van der Waals surface area contributed by atoms with Crippen LogP contribution in [0.3, 0.4) is 0 Å². The average Bonchev–Trinajstić information content (AvgIpc) is 2.96. The Labute approximate surface area is 121 Å². The smallest absolute Gasteiger partial charge is 0.214 e. The molecule has 3 rings (SSSR count). The van der Waals surface area contributed by atoms with Crippen molar-refractivity contribution < 1.29 is 17.9 Å². The van der Waals surface area contributed by atoms with E-state index in [0.717, 1.165) is 0 Å². The highest BCUT2D eigenvalue weighted by molar-refractivity contribution is 7.90. The molecule has 2 heterocycles. The van der Waals surface area contributed by atoms with Crippen LogP contribution in [-0.2, 0) is 15.6 Å². The van der Waals surface area contributed by atoms with Crippen LogP contribution >= 0.6 is 11.3 Å². The molecule has 7 heteroatoms. The van der Waals surface area contributed by atoms with Crippen LogP contribution in [0, 0.1) is 0 Å². The molecule has 1 fully saturated rings. The highest BCUT2D eigenvalue weighted by Crippen LogP contribution is 2.32. The lowest BCUT2D eigenvalue weighted by molar-refractivity contribution is 0.0623. The number of furan rings is 1. The van der Waals surface area contributed by atoms with Gasteiger partial charge in [0.2, 0.25) is 10.0 Å². The van der Waals surface area contributed by atoms with E-state index in [1.165, 1.54) is 17.6 Å². The maximum atomic E-state index is 11.9. The van der Waals surface area contributed by atoms with E-state index in [-0.39, 0.29) is 11.8 Å². The van der Waals surface area contributed by atoms with E-state index in [0.29, 0.717) is 24.2 Å². The first-order valence-corrected chi connectivity index (χ1v) is 8.79. The van der Waals surface area contributed by atoms with Crippen molar-refractivity contribution in [3.63, 3.8) is 0 Å². The molecule has 0 amide bonds. The summed E-state index contributed by atoms with van der Waals surface area (Å²) in [5, 5.41) is 14.2. The van der Waals surface area contributed by atoms with E-state index in [1.54, 1.807) is 23.6 Å². The van der Waals surface area contributed by atoms with Crippen LogP contribution in [0.1, 0.15) is 24.2 Å². The van der Waals surface area contributed by atoms with Crippen LogP contribution in [-0.4, -0.2) is 25.3 Å². The Morgan fingerprint density at radius 1 is 1.45 bits per heavy atom. The highest BCUT2D eigenvalue weighted by Gasteiger charge is 2.40. The number of sulfonamides is 1. The van der Waals surface area contributed by atoms with Crippen molar-refractivity contribution >= 4 is 21.4 Å². The zero-order chi connectivity index (χ0) is 14.2. The van der Waals surface area contributed by atoms with Gasteiger partial charge >= 0.3 is 0 Å². The van der Waals surface area contributed by atoms with Gasteiger partial charge in [0.15, 0.2) is 5.60 Å². The number of hydrogen-bond donors (Lipinski definition) is 2. The van der Waals surface area contributed by atoms with Crippen molar-refractivity contribution in [1.82, 2.24) is 4.72 Å². The second-order valence-electron chi connectivity index (χ2n) is 4.92. The maximum Gasteiger partial charge on any atom is 0.214 e. The van der Waals surface area contributed by atoms with Crippen molar-refractivity contribution in [2.45, 2.75) is 23.7 Å². The summed E-state index contributed by atoms with van der Waals surface area (Å²) in [5.41, 5.74) is -0.859. The van der Waals surface area contributed by atoms with Crippen molar-refractivity contribution in [1.29, 1.82) is 0 Å². The molecule has 1 aliphatic carbocycles. The largest absolute Gasteiger partial charge is 0.466 e. The van der Waals surface area contributed by atoms with E-state index in [1.807, 2.05) is 5.38 Å². The lowest BCUT2D eigenvalue weighted by Crippen LogP contribution is -2.42. The van der Waals surface area contributed by atoms with Gasteiger partial charge in [0, 0.05) is 5.56 Å². The predicted molar refractivity (Wildman–Crippen MR) is 76.0 cm³/mol. The lowest BCUT2D eigenvalue weighted by atomic mass is 9.94. The van der Waals surface area contributed by atoms with E-state index in [2.05, 4.69) is 4.72 Å². The van der Waals surface area contributed by atoms with Gasteiger partial charge in [-0.3, -0.25) is 0 Å². The first kappa shape index (κ1) is 13.8. The molecule has 2 aromatic heterocycles. The first-order valence-electron chi connectivity index (χ1n) is 6.30. The SMILES string of the molecule is O=S(=O)(NC[C@@](O)(c1ccsc1)c1ccco1)C1CC1. The van der Waals surface area contributed by atoms with Crippen molar-refractivity contribution in [2.75, 3.05) is 6.54 Å². The van der Waals surface area contributed by atoms with E-state index in [9.17, 15) is 13.5 Å². The van der Waals surface area contributed by atoms with Gasteiger partial charge in [-0.1, -0.05) is 0 Å². The van der Waals surface area contributed by atoms with E-state index >= 15 is 0 Å². The third-order valence-electron chi connectivity index (χ3n) is 3.42. The second kappa shape index (κ2) is 5.00. The van der Waals surface area contributed by atoms with Gasteiger partial charge in [0.1, 0.15) is 5.76 Å². The second-order valence-corrected chi connectivity index (χ2v) is 7.74. The molecule has 1 saturated carbocycles. The van der Waals surface area contributed by atoms with Crippen LogP contribution in [0.25, 0.3) is 0 Å². The van der Waals surface area contributed by atoms with Gasteiger partial charge in [-0.05, 0) is 41.8 Å². The molecule has 20 heavy (non-hydrogen) atoms. The Morgan fingerprint density at radius 3 is 2.80 bits per heavy atom. The van der Waals surface area contributed by atoms with Crippen LogP contribution in [0.4, 0.5) is 0 Å². The molecule has 1 atom stereocenters. The molecule has 1 aliphatic rings. The first-order chi connectivity index (χ1) is 9.52. The third kappa shape index (κ3) is 2.54. The minimum absolute atomic E-state index is 0.129. The molecule has 0 bridgehead atoms. The minimum Gasteiger partial charge on any atom is -0.466 e. The summed E-state index contributed by atoms with van der Waals surface area (Å²) in [6, 6.07) is 5.07. The monoisotopic (exact) mass is 313 g/mol. The van der Waals surface area contributed by atoms with E-state index < -0.39 is 15.6 Å². The van der Waals surface area contributed by atoms with Crippen molar-refractivity contribution in [2.24, 2.45) is 0 Å². The standard InChI is InChI=1S/C13H15NO4S2/c15-13(10-5-7-19-8-10,12-2-1-6-18-12)9-14-20(16,17)11-3-4-11/h1-2,5-8,11,14-15H,3-4,9H2/t13-/m1/s1. The summed E-state index contributed by atoms with van der Waals surface area (Å²) in [4.78, 5) is 0. The van der Waals surface area contributed by atoms with Gasteiger partial charge in [0.05, 0.1) is 18.1 Å². The molecule has 0 spiro atoms. The Hall–Kier alpha value is -1.15. The van der Waals surface area contributed by atoms with Crippen LogP contribution in [0.2, 0.25) is 0 Å². The summed E-state index contributed by atoms with van der Waals surface area (Å²) in [7, 11) is -3.35. The zero-order valence-corrected chi connectivity index (χ0v) is 12.3. The van der Waals surface area contributed by atoms with Gasteiger partial charge < -0.3 is 9.52 Å². The molecular formula is C13H15NO4S2. The Bertz CT molecular complexity index is 623. The van der Waals surface area contributed by atoms with Crippen molar-refractivity contribution in [3.05, 3.63) is 46.5 Å². The van der Waals surface area contributed by atoms with Gasteiger partial charge in [-0.2, -0.15) is 11.3 Å². The predicted octanol–water partition coefficient (Wildman–Crippen LogP) is 1.66. The number of hydrogen-bond acceptors (Lipinski definition) is 5. The zero-order valence-electron chi connectivity index (χ0n) is 10.7. The molecular weight excluding hydrogens is 298 g/mol. The highest BCUT2D eigenvalue weighted by atomic mass is 32.2. The van der Waals surface area contributed by atoms with Crippen LogP contribution < -0.4 is 4.72 Å². The molecule has 0 saturated heterocycles. The maximum absolute atomic E-state index is 11.9. The minimum atomic E-state index is -3.35. The van der Waals surface area contributed by atoms with Crippen molar-refractivity contribution in [3.8, 4) is 0 Å². The molecule has 0 radical (unpaired) electrons. The lowest BCUT2D eigenvalue weighted by Gasteiger charge is -2.25. The molecule has 2 N–H and O–H groups in total. The fourth-order valence-corrected chi connectivity index (χ4v) is 4.17. The topological polar surface area (TPSA) is 79.5 Å². The average molecular weight is 313 g/mol. The van der Waals surface area contributed by atoms with Crippen LogP contribution in [0.5, 0.6) is 0 Å². The molecule has 5 nitrogen and oxygen atoms in total. The Kier molecular flexibility index (Phi) is 3.45. The summed E-state index contributed by atoms with van der Waals surface area (Å²) in [6.07, 6.45) is 2.84. The normalized spacial score (nSPS) is 18.9. The van der Waals surface area contributed by atoms with Crippen LogP contribution in [0.15, 0.2) is 39.6 Å². The molecule has 0 aromatic carbocycles. The van der Waals surface area contributed by atoms with E-state index in [4.69, 9.17) is 4.42 Å². The summed E-state index contributed by atoms with van der Waals surface area (Å²) >= 11 is 1.44. The summed E-state index contributed by atoms with van der Waals surface area (Å²) in [6.45, 7) is -0.129. The Balaban J connectivity index is 1.87. The molecule has 0 aliphatic heterocycles. The van der Waals surface area contributed by atoms with Gasteiger partial charge in [0.25, 0.3) is 0 Å². The number of thiophene rings is 1. The summed E-state index contributed by atoms with van der Waals surface area (Å²) < 4.78 is 31.6. The third-order valence-corrected chi connectivity index (χ3v) is 6.00. The summed E-state index contributed by atoms with van der Waals surface area (Å²) in [5.74, 6) is 0.328. The van der Waals surface area contributed by atoms with Gasteiger partial charge in [-0.25, -0.2) is 13.1 Å². The fraction of sp³-hybridized carbons (Fsp3) is 0.385. The fourth-order valence-electron chi connectivity index (χ4n) is 2.05. The Morgan fingerprint density at radius 2 is 2.25 bits per heavy atom. The van der Waals surface area contributed by atoms with Gasteiger partial charge in [-0.15, -0.1) is 0 Å². The molecule has 108 valence electrons. The molecule has 2 aromatic rings. The number of aliphatic hydroxyl groups is 1. The quantitative estimate of drug-likeness (QED) is 0.850. The molecule has 0 unspecified atom stereocenters. The number of rotatable bonds is 6.